The fourth-order valence-corrected chi connectivity index (χ4v) is 1.30. The lowest BCUT2D eigenvalue weighted by molar-refractivity contribution is 0.240. The second-order valence-electron chi connectivity index (χ2n) is 3.20. The summed E-state index contributed by atoms with van der Waals surface area (Å²) in [6, 6.07) is -0.582. The van der Waals surface area contributed by atoms with Crippen LogP contribution in [0.15, 0.2) is 37.2 Å². The number of hydrogen-bond donors (Lipinski definition) is 1. The molecule has 0 aromatic carbocycles. The van der Waals surface area contributed by atoms with Crippen molar-refractivity contribution < 1.29 is 4.79 Å². The Hall–Kier alpha value is -3.31. The molecule has 0 aliphatic heterocycles. The van der Waals surface area contributed by atoms with Gasteiger partial charge in [-0.1, -0.05) is 5.12 Å². The quantitative estimate of drug-likeness (QED) is 0.591. The van der Waals surface area contributed by atoms with Gasteiger partial charge in [-0.2, -0.15) is 4.79 Å². The SMILES string of the molecule is O=C(Nn1ccnn1)N(n1ccnn1)n1ccnn1. The van der Waals surface area contributed by atoms with Gasteiger partial charge in [-0.25, -0.2) is 10.2 Å². The van der Waals surface area contributed by atoms with E-state index in [0.717, 1.165) is 9.91 Å². The number of amides is 2. The average Bonchev–Trinajstić information content (AvgIpc) is 3.11. The van der Waals surface area contributed by atoms with Gasteiger partial charge >= 0.3 is 6.03 Å². The molecule has 3 rings (SSSR count). The Morgan fingerprint density at radius 3 is 1.95 bits per heavy atom. The van der Waals surface area contributed by atoms with E-state index >= 15 is 0 Å². The van der Waals surface area contributed by atoms with Gasteiger partial charge in [-0.3, -0.25) is 0 Å². The number of rotatable bonds is 3. The lowest BCUT2D eigenvalue weighted by Gasteiger charge is -2.19. The highest BCUT2D eigenvalue weighted by Gasteiger charge is 2.19. The molecule has 1 N–H and O–H groups in total. The van der Waals surface area contributed by atoms with Crippen LogP contribution in [0.2, 0.25) is 0 Å². The van der Waals surface area contributed by atoms with Crippen LogP contribution in [0.25, 0.3) is 0 Å². The van der Waals surface area contributed by atoms with Crippen LogP contribution in [0.5, 0.6) is 0 Å². The predicted octanol–water partition coefficient (Wildman–Crippen LogP) is -1.77. The largest absolute Gasteiger partial charge is 0.379 e. The van der Waals surface area contributed by atoms with Crippen LogP contribution in [0.4, 0.5) is 4.79 Å². The van der Waals surface area contributed by atoms with Crippen molar-refractivity contribution in [3.05, 3.63) is 37.2 Å². The van der Waals surface area contributed by atoms with Crippen molar-refractivity contribution in [3.63, 3.8) is 0 Å². The second-order valence-corrected chi connectivity index (χ2v) is 3.20. The minimum absolute atomic E-state index is 0.582. The van der Waals surface area contributed by atoms with E-state index < -0.39 is 6.03 Å². The fourth-order valence-electron chi connectivity index (χ4n) is 1.30. The number of aromatic nitrogens is 9. The smallest absolute Gasteiger partial charge is 0.243 e. The van der Waals surface area contributed by atoms with Crippen molar-refractivity contribution in [2.24, 2.45) is 0 Å². The molecular weight excluding hydrogens is 254 g/mol. The van der Waals surface area contributed by atoms with Crippen molar-refractivity contribution in [3.8, 4) is 0 Å². The molecule has 0 aliphatic rings. The molecule has 12 heteroatoms. The normalized spacial score (nSPS) is 10.3. The first-order chi connectivity index (χ1) is 9.34. The third-order valence-electron chi connectivity index (χ3n) is 2.02. The van der Waals surface area contributed by atoms with Crippen molar-refractivity contribution in [2.75, 3.05) is 10.5 Å². The molecule has 0 fully saturated rings. The van der Waals surface area contributed by atoms with E-state index in [1.54, 1.807) is 0 Å². The van der Waals surface area contributed by atoms with Gasteiger partial charge in [0.05, 0.1) is 37.2 Å². The molecule has 0 atom stereocenters. The zero-order valence-corrected chi connectivity index (χ0v) is 9.34. The highest BCUT2D eigenvalue weighted by molar-refractivity contribution is 5.90. The lowest BCUT2D eigenvalue weighted by atomic mass is 10.9. The molecule has 19 heavy (non-hydrogen) atoms. The zero-order valence-electron chi connectivity index (χ0n) is 9.34. The van der Waals surface area contributed by atoms with Gasteiger partial charge in [0.1, 0.15) is 0 Å². The zero-order chi connectivity index (χ0) is 13.1. The Bertz CT molecular complexity index is 592. The lowest BCUT2D eigenvalue weighted by Crippen LogP contribution is -2.50. The van der Waals surface area contributed by atoms with Crippen LogP contribution in [-0.4, -0.2) is 51.3 Å². The predicted molar refractivity (Wildman–Crippen MR) is 58.4 cm³/mol. The molecule has 0 spiro atoms. The maximum absolute atomic E-state index is 12.2. The van der Waals surface area contributed by atoms with Crippen LogP contribution < -0.4 is 10.5 Å². The Balaban J connectivity index is 1.89. The van der Waals surface area contributed by atoms with Crippen LogP contribution in [0.1, 0.15) is 0 Å². The molecule has 96 valence electrons. The van der Waals surface area contributed by atoms with Gasteiger partial charge in [0.15, 0.2) is 0 Å². The van der Waals surface area contributed by atoms with Crippen molar-refractivity contribution in [1.82, 2.24) is 45.3 Å². The van der Waals surface area contributed by atoms with Gasteiger partial charge in [0, 0.05) is 0 Å². The topological polar surface area (TPSA) is 124 Å². The number of urea groups is 1. The van der Waals surface area contributed by atoms with Gasteiger partial charge < -0.3 is 0 Å². The Morgan fingerprint density at radius 1 is 0.895 bits per heavy atom. The molecule has 3 aromatic rings. The molecule has 2 amide bonds. The van der Waals surface area contributed by atoms with Crippen LogP contribution in [-0.2, 0) is 0 Å². The van der Waals surface area contributed by atoms with Crippen molar-refractivity contribution in [1.29, 1.82) is 0 Å². The third kappa shape index (κ3) is 2.08. The summed E-state index contributed by atoms with van der Waals surface area (Å²) in [6.07, 6.45) is 8.69. The molecule has 0 saturated carbocycles. The summed E-state index contributed by atoms with van der Waals surface area (Å²) in [5, 5.41) is 22.9. The molecule has 0 bridgehead atoms. The summed E-state index contributed by atoms with van der Waals surface area (Å²) in [5.41, 5.74) is 2.45. The summed E-state index contributed by atoms with van der Waals surface area (Å²) >= 11 is 0. The highest BCUT2D eigenvalue weighted by atomic mass is 16.2. The highest BCUT2D eigenvalue weighted by Crippen LogP contribution is 1.93. The Kier molecular flexibility index (Phi) is 2.57. The third-order valence-corrected chi connectivity index (χ3v) is 2.02. The summed E-state index contributed by atoms with van der Waals surface area (Å²) in [6.45, 7) is 0. The number of hydrogen-bond acceptors (Lipinski definition) is 7. The van der Waals surface area contributed by atoms with Crippen molar-refractivity contribution in [2.45, 2.75) is 0 Å². The number of nitrogens with one attached hydrogen (secondary N) is 1. The molecular formula is C7H7N11O. The van der Waals surface area contributed by atoms with E-state index in [-0.39, 0.29) is 0 Å². The molecule has 0 saturated heterocycles. The summed E-state index contributed by atoms with van der Waals surface area (Å²) in [7, 11) is 0. The number of nitrogens with zero attached hydrogens (tertiary/aromatic N) is 10. The van der Waals surface area contributed by atoms with Crippen LogP contribution >= 0.6 is 0 Å². The van der Waals surface area contributed by atoms with Gasteiger partial charge in [-0.05, 0) is 15.6 Å². The molecule has 12 nitrogen and oxygen atoms in total. The summed E-state index contributed by atoms with van der Waals surface area (Å²) in [5.74, 6) is 0. The number of carbonyl (C=O) groups excluding carboxylic acids is 1. The number of carbonyl (C=O) groups is 1. The molecule has 3 aromatic heterocycles. The first-order valence-electron chi connectivity index (χ1n) is 5.05. The standard InChI is InChI=1S/C7H7N11O/c19-7(11-15-4-1-8-12-15)18(16-5-2-9-13-16)17-6-3-10-14-17/h1-6H,(H,11,19). The Morgan fingerprint density at radius 2 is 1.47 bits per heavy atom. The van der Waals surface area contributed by atoms with Crippen LogP contribution in [0, 0.1) is 0 Å². The van der Waals surface area contributed by atoms with Crippen molar-refractivity contribution >= 4 is 6.03 Å². The molecule has 0 radical (unpaired) electrons. The maximum atomic E-state index is 12.2. The minimum Gasteiger partial charge on any atom is -0.243 e. The second kappa shape index (κ2) is 4.52. The van der Waals surface area contributed by atoms with Crippen LogP contribution in [0.3, 0.4) is 0 Å². The molecule has 3 heterocycles. The van der Waals surface area contributed by atoms with E-state index in [1.807, 2.05) is 0 Å². The molecule has 0 aliphatic carbocycles. The Labute approximate surface area is 105 Å². The van der Waals surface area contributed by atoms with E-state index in [0.29, 0.717) is 0 Å². The van der Waals surface area contributed by atoms with Gasteiger partial charge in [-0.15, -0.1) is 24.9 Å². The monoisotopic (exact) mass is 261 g/mol. The first kappa shape index (κ1) is 10.8. The van der Waals surface area contributed by atoms with E-state index in [2.05, 4.69) is 36.4 Å². The fraction of sp³-hybridized carbons (Fsp3) is 0. The minimum atomic E-state index is -0.582. The van der Waals surface area contributed by atoms with E-state index in [9.17, 15) is 4.79 Å². The van der Waals surface area contributed by atoms with Gasteiger partial charge in [0.2, 0.25) is 0 Å². The average molecular weight is 261 g/mol. The maximum Gasteiger partial charge on any atom is 0.379 e. The molecule has 0 unspecified atom stereocenters. The summed E-state index contributed by atoms with van der Waals surface area (Å²) < 4.78 is 0. The van der Waals surface area contributed by atoms with E-state index in [4.69, 9.17) is 0 Å². The van der Waals surface area contributed by atoms with E-state index in [1.165, 1.54) is 46.8 Å². The first-order valence-corrected chi connectivity index (χ1v) is 5.05. The summed E-state index contributed by atoms with van der Waals surface area (Å²) in [4.78, 5) is 15.7. The van der Waals surface area contributed by atoms with Gasteiger partial charge in [0.25, 0.3) is 0 Å².